The maximum Gasteiger partial charge on any atom is 0.179 e. The Bertz CT molecular complexity index is 669. The van der Waals surface area contributed by atoms with Crippen LogP contribution in [0.15, 0.2) is 49.6 Å². The van der Waals surface area contributed by atoms with E-state index in [1.165, 1.54) is 11.3 Å². The molecule has 0 aliphatic rings. The van der Waals surface area contributed by atoms with Gasteiger partial charge in [-0.1, -0.05) is 11.6 Å². The van der Waals surface area contributed by atoms with E-state index in [4.69, 9.17) is 11.6 Å². The molecule has 0 aliphatic carbocycles. The Labute approximate surface area is 130 Å². The molecule has 0 aliphatic heterocycles. The Morgan fingerprint density at radius 1 is 1.14 bits per heavy atom. The SMILES string of the molecule is O=C(c1ccc(Cl)s1)C(Cn1ccnc1)Cn1ccnc1. The monoisotopic (exact) mass is 320 g/mol. The fourth-order valence-electron chi connectivity index (χ4n) is 2.17. The van der Waals surface area contributed by atoms with Crippen LogP contribution in [0.5, 0.6) is 0 Å². The average Bonchev–Trinajstić information content (AvgIpc) is 3.19. The first kappa shape index (κ1) is 14.0. The molecule has 0 atom stereocenters. The van der Waals surface area contributed by atoms with Crippen LogP contribution < -0.4 is 0 Å². The lowest BCUT2D eigenvalue weighted by Gasteiger charge is -2.16. The van der Waals surface area contributed by atoms with Crippen LogP contribution in [0.1, 0.15) is 9.67 Å². The summed E-state index contributed by atoms with van der Waals surface area (Å²) in [7, 11) is 0. The second-order valence-electron chi connectivity index (χ2n) is 4.68. The van der Waals surface area contributed by atoms with E-state index >= 15 is 0 Å². The third-order valence-electron chi connectivity index (χ3n) is 3.17. The molecular weight excluding hydrogens is 308 g/mol. The molecule has 0 bridgehead atoms. The molecule has 0 fully saturated rings. The van der Waals surface area contributed by atoms with Crippen LogP contribution in [0.4, 0.5) is 0 Å². The Balaban J connectivity index is 1.82. The Morgan fingerprint density at radius 3 is 2.19 bits per heavy atom. The van der Waals surface area contributed by atoms with Crippen molar-refractivity contribution in [1.82, 2.24) is 19.1 Å². The summed E-state index contributed by atoms with van der Waals surface area (Å²) in [6, 6.07) is 3.54. The van der Waals surface area contributed by atoms with Gasteiger partial charge in [-0.05, 0) is 12.1 Å². The zero-order chi connectivity index (χ0) is 14.7. The molecule has 3 heterocycles. The van der Waals surface area contributed by atoms with Crippen molar-refractivity contribution in [1.29, 1.82) is 0 Å². The van der Waals surface area contributed by atoms with Gasteiger partial charge >= 0.3 is 0 Å². The highest BCUT2D eigenvalue weighted by Crippen LogP contribution is 2.25. The van der Waals surface area contributed by atoms with E-state index in [2.05, 4.69) is 9.97 Å². The smallest absolute Gasteiger partial charge is 0.179 e. The summed E-state index contributed by atoms with van der Waals surface area (Å²) in [5.41, 5.74) is 0. The molecule has 0 amide bonds. The number of ketones is 1. The van der Waals surface area contributed by atoms with Crippen LogP contribution in [0, 0.1) is 5.92 Å². The van der Waals surface area contributed by atoms with Gasteiger partial charge in [0, 0.05) is 37.9 Å². The Hall–Kier alpha value is -1.92. The Kier molecular flexibility index (Phi) is 4.17. The zero-order valence-electron chi connectivity index (χ0n) is 11.1. The summed E-state index contributed by atoms with van der Waals surface area (Å²) in [6.45, 7) is 1.15. The second-order valence-corrected chi connectivity index (χ2v) is 6.40. The van der Waals surface area contributed by atoms with Crippen LogP contribution in [0.2, 0.25) is 4.34 Å². The van der Waals surface area contributed by atoms with E-state index in [0.717, 1.165) is 0 Å². The lowest BCUT2D eigenvalue weighted by molar-refractivity contribution is 0.0896. The summed E-state index contributed by atoms with van der Waals surface area (Å²) in [4.78, 5) is 21.4. The maximum absolute atomic E-state index is 12.7. The van der Waals surface area contributed by atoms with E-state index < -0.39 is 0 Å². The Morgan fingerprint density at radius 2 is 1.76 bits per heavy atom. The minimum atomic E-state index is -0.192. The van der Waals surface area contributed by atoms with Gasteiger partial charge in [-0.15, -0.1) is 11.3 Å². The van der Waals surface area contributed by atoms with E-state index in [1.54, 1.807) is 37.2 Å². The highest BCUT2D eigenvalue weighted by atomic mass is 35.5. The summed E-state index contributed by atoms with van der Waals surface area (Å²) >= 11 is 7.25. The van der Waals surface area contributed by atoms with Crippen molar-refractivity contribution < 1.29 is 4.79 Å². The van der Waals surface area contributed by atoms with Crippen molar-refractivity contribution in [3.8, 4) is 0 Å². The molecule has 108 valence electrons. The van der Waals surface area contributed by atoms with Gasteiger partial charge in [0.2, 0.25) is 0 Å². The van der Waals surface area contributed by atoms with Crippen molar-refractivity contribution in [3.63, 3.8) is 0 Å². The van der Waals surface area contributed by atoms with Gasteiger partial charge in [-0.3, -0.25) is 4.79 Å². The third-order valence-corrected chi connectivity index (χ3v) is 4.41. The minimum absolute atomic E-state index is 0.0919. The summed E-state index contributed by atoms with van der Waals surface area (Å²) in [5.74, 6) is -0.0996. The molecule has 3 aromatic heterocycles. The van der Waals surface area contributed by atoms with Gasteiger partial charge in [0.15, 0.2) is 5.78 Å². The number of hydrogen-bond acceptors (Lipinski definition) is 4. The second kappa shape index (κ2) is 6.24. The molecule has 21 heavy (non-hydrogen) atoms. The van der Waals surface area contributed by atoms with Crippen LogP contribution >= 0.6 is 22.9 Å². The lowest BCUT2D eigenvalue weighted by Crippen LogP contribution is -2.24. The molecule has 0 saturated carbocycles. The number of Topliss-reactive ketones (excluding diaryl/α,β-unsaturated/α-hetero) is 1. The largest absolute Gasteiger partial charge is 0.337 e. The minimum Gasteiger partial charge on any atom is -0.337 e. The number of thiophene rings is 1. The lowest BCUT2D eigenvalue weighted by atomic mass is 10.0. The van der Waals surface area contributed by atoms with Crippen molar-refractivity contribution in [2.45, 2.75) is 13.1 Å². The number of aromatic nitrogens is 4. The van der Waals surface area contributed by atoms with Crippen molar-refractivity contribution in [2.24, 2.45) is 5.92 Å². The van der Waals surface area contributed by atoms with Crippen LogP contribution in [0.3, 0.4) is 0 Å². The number of halogens is 1. The van der Waals surface area contributed by atoms with Crippen molar-refractivity contribution in [2.75, 3.05) is 0 Å². The molecule has 0 radical (unpaired) electrons. The molecule has 0 saturated heterocycles. The molecule has 3 aromatic rings. The first-order valence-electron chi connectivity index (χ1n) is 6.43. The number of carbonyl (C=O) groups excluding carboxylic acids is 1. The van der Waals surface area contributed by atoms with Gasteiger partial charge in [0.25, 0.3) is 0 Å². The normalized spacial score (nSPS) is 11.1. The number of hydrogen-bond donors (Lipinski definition) is 0. The van der Waals surface area contributed by atoms with Crippen molar-refractivity contribution in [3.05, 3.63) is 58.8 Å². The van der Waals surface area contributed by atoms with Crippen molar-refractivity contribution >= 4 is 28.7 Å². The van der Waals surface area contributed by atoms with E-state index in [1.807, 2.05) is 21.5 Å². The zero-order valence-corrected chi connectivity index (χ0v) is 12.7. The van der Waals surface area contributed by atoms with Crippen LogP contribution in [-0.2, 0) is 13.1 Å². The van der Waals surface area contributed by atoms with Gasteiger partial charge in [0.1, 0.15) is 0 Å². The molecule has 5 nitrogen and oxygen atoms in total. The maximum atomic E-state index is 12.7. The number of carbonyl (C=O) groups is 1. The fraction of sp³-hybridized carbons (Fsp3) is 0.214. The molecule has 3 rings (SSSR count). The first-order chi connectivity index (χ1) is 10.2. The number of rotatable bonds is 6. The van der Waals surface area contributed by atoms with Crippen LogP contribution in [-0.4, -0.2) is 24.9 Å². The summed E-state index contributed by atoms with van der Waals surface area (Å²) < 4.78 is 4.45. The van der Waals surface area contributed by atoms with Gasteiger partial charge in [-0.25, -0.2) is 9.97 Å². The summed E-state index contributed by atoms with van der Waals surface area (Å²) in [5, 5.41) is 0. The predicted octanol–water partition coefficient (Wildman–Crippen LogP) is 2.99. The molecular formula is C14H13ClN4OS. The van der Waals surface area contributed by atoms with E-state index in [0.29, 0.717) is 22.3 Å². The van der Waals surface area contributed by atoms with E-state index in [9.17, 15) is 4.79 Å². The van der Waals surface area contributed by atoms with Gasteiger partial charge < -0.3 is 9.13 Å². The predicted molar refractivity (Wildman–Crippen MR) is 81.6 cm³/mol. The quantitative estimate of drug-likeness (QED) is 0.656. The molecule has 0 spiro atoms. The fourth-order valence-corrected chi connectivity index (χ4v) is 3.23. The van der Waals surface area contributed by atoms with E-state index in [-0.39, 0.29) is 11.7 Å². The van der Waals surface area contributed by atoms with Gasteiger partial charge in [0.05, 0.1) is 27.8 Å². The molecule has 0 N–H and O–H groups in total. The first-order valence-corrected chi connectivity index (χ1v) is 7.63. The van der Waals surface area contributed by atoms with Crippen LogP contribution in [0.25, 0.3) is 0 Å². The molecule has 0 aromatic carbocycles. The van der Waals surface area contributed by atoms with Gasteiger partial charge in [-0.2, -0.15) is 0 Å². The third kappa shape index (κ3) is 3.40. The molecule has 0 unspecified atom stereocenters. The topological polar surface area (TPSA) is 52.7 Å². The number of nitrogens with zero attached hydrogens (tertiary/aromatic N) is 4. The highest BCUT2D eigenvalue weighted by molar-refractivity contribution is 7.18. The highest BCUT2D eigenvalue weighted by Gasteiger charge is 2.22. The number of imidazole rings is 2. The standard InChI is InChI=1S/C14H13ClN4OS/c15-13-2-1-12(21-13)14(20)11(7-18-5-3-16-9-18)8-19-6-4-17-10-19/h1-6,9-11H,7-8H2. The summed E-state index contributed by atoms with van der Waals surface area (Å²) in [6.07, 6.45) is 10.6. The average molecular weight is 321 g/mol. The molecule has 7 heteroatoms.